The molecular formula is C57H63N3O10. The van der Waals surface area contributed by atoms with Crippen molar-refractivity contribution < 1.29 is 47.4 Å². The first-order valence-corrected chi connectivity index (χ1v) is 24.9. The monoisotopic (exact) mass is 949 g/mol. The predicted molar refractivity (Wildman–Crippen MR) is 258 cm³/mol. The van der Waals surface area contributed by atoms with Crippen LogP contribution >= 0.6 is 0 Å². The third kappa shape index (κ3) is 9.01. The Bertz CT molecular complexity index is 2540. The summed E-state index contributed by atoms with van der Waals surface area (Å²) in [5.41, 5.74) is 14.8. The maximum atomic E-state index is 10.4. The molecule has 11 rings (SSSR count). The summed E-state index contributed by atoms with van der Waals surface area (Å²) in [5, 5.41) is 4.44. The Morgan fingerprint density at radius 2 is 1.04 bits per heavy atom. The van der Waals surface area contributed by atoms with E-state index < -0.39 is 79.3 Å². The van der Waals surface area contributed by atoms with E-state index in [4.69, 9.17) is 47.4 Å². The van der Waals surface area contributed by atoms with Crippen LogP contribution in [0, 0.1) is 16.7 Å². The van der Waals surface area contributed by atoms with Gasteiger partial charge in [-0.25, -0.2) is 0 Å². The number of benzene rings is 5. The molecule has 3 heterocycles. The lowest BCUT2D eigenvalue weighted by Crippen LogP contribution is -2.68. The normalized spacial score (nSPS) is 36.0. The molecule has 3 saturated carbocycles. The van der Waals surface area contributed by atoms with Crippen LogP contribution in [0.15, 0.2) is 157 Å². The zero-order valence-corrected chi connectivity index (χ0v) is 40.0. The van der Waals surface area contributed by atoms with Crippen LogP contribution in [0.4, 0.5) is 0 Å². The van der Waals surface area contributed by atoms with E-state index in [1.54, 1.807) is 0 Å². The number of ether oxygens (including phenoxy) is 10. The van der Waals surface area contributed by atoms with Gasteiger partial charge in [0.1, 0.15) is 61.0 Å². The van der Waals surface area contributed by atoms with Gasteiger partial charge in [-0.15, -0.1) is 0 Å². The smallest absolute Gasteiger partial charge is 0.184 e. The zero-order chi connectivity index (χ0) is 47.7. The first-order chi connectivity index (χ1) is 34.2. The average molecular weight is 950 g/mol. The number of nitrogens with zero attached hydrogens (tertiary/aromatic N) is 3. The van der Waals surface area contributed by atoms with Crippen LogP contribution in [0.25, 0.3) is 10.4 Å². The molecule has 0 radical (unpaired) electrons. The molecule has 366 valence electrons. The number of rotatable bonds is 16. The maximum absolute atomic E-state index is 10.4. The Morgan fingerprint density at radius 3 is 1.53 bits per heavy atom. The molecule has 13 nitrogen and oxygen atoms in total. The Labute approximate surface area is 410 Å². The fourth-order valence-corrected chi connectivity index (χ4v) is 12.2. The summed E-state index contributed by atoms with van der Waals surface area (Å²) in [6.07, 6.45) is -5.79. The van der Waals surface area contributed by atoms with Crippen LogP contribution in [0.5, 0.6) is 0 Å². The summed E-state index contributed by atoms with van der Waals surface area (Å²) < 4.78 is 71.0. The first kappa shape index (κ1) is 47.3. The number of hydrogen-bond acceptors (Lipinski definition) is 11. The molecule has 6 aliphatic rings. The van der Waals surface area contributed by atoms with Crippen molar-refractivity contribution in [2.45, 2.75) is 146 Å². The molecule has 0 amide bonds. The molecule has 2 bridgehead atoms. The molecular weight excluding hydrogens is 887 g/mol. The van der Waals surface area contributed by atoms with Crippen molar-refractivity contribution in [2.24, 2.45) is 21.9 Å². The van der Waals surface area contributed by atoms with Crippen molar-refractivity contribution in [1.29, 1.82) is 0 Å². The molecule has 3 aliphatic carbocycles. The quantitative estimate of drug-likeness (QED) is 0.0533. The van der Waals surface area contributed by atoms with Gasteiger partial charge in [0, 0.05) is 22.3 Å². The summed E-state index contributed by atoms with van der Waals surface area (Å²) in [7, 11) is 0. The highest BCUT2D eigenvalue weighted by atomic mass is 16.8. The topological polar surface area (TPSA) is 141 Å². The minimum Gasteiger partial charge on any atom is -0.370 e. The highest BCUT2D eigenvalue weighted by Crippen LogP contribution is 2.73. The van der Waals surface area contributed by atoms with Gasteiger partial charge >= 0.3 is 0 Å². The van der Waals surface area contributed by atoms with E-state index >= 15 is 0 Å². The van der Waals surface area contributed by atoms with Gasteiger partial charge in [0.15, 0.2) is 18.4 Å². The van der Waals surface area contributed by atoms with E-state index in [0.717, 1.165) is 47.1 Å². The molecule has 15 atom stereocenters. The molecule has 6 fully saturated rings. The van der Waals surface area contributed by atoms with E-state index in [2.05, 4.69) is 42.9 Å². The van der Waals surface area contributed by atoms with Crippen molar-refractivity contribution in [3.8, 4) is 0 Å². The van der Waals surface area contributed by atoms with Crippen LogP contribution in [-0.2, 0) is 73.8 Å². The largest absolute Gasteiger partial charge is 0.370 e. The van der Waals surface area contributed by atoms with Crippen LogP contribution in [0.1, 0.15) is 74.1 Å². The Kier molecular flexibility index (Phi) is 13.7. The van der Waals surface area contributed by atoms with Crippen LogP contribution in [0.3, 0.4) is 0 Å². The van der Waals surface area contributed by atoms with Crippen molar-refractivity contribution in [2.75, 3.05) is 6.61 Å². The standard InChI is InChI=1S/C57H63N3O10/c1-55(2)42-29-30-56(55,3)57(31-42)69-51-49(64-35-40-25-15-7-16-26-40)47(62-33-38-21-11-5-12-22-38)48(63-34-39-23-13-6-14-24-39)50(52(51)70-57)68-54-44(59-60-58)46(61-32-37-19-9-4-10-20-37)45-43(66-54)36-65-53(67-45)41-27-17-8-18-28-41/h4-28,42-54H,29-36H2,1-3H3/t42-,43-,44-,45-,46-,47+,48+,49-,50-,51-,52+,53?,54-,56-,57?/m1/s1. The molecule has 0 N–H and O–H groups in total. The first-order valence-electron chi connectivity index (χ1n) is 24.9. The van der Waals surface area contributed by atoms with Crippen molar-refractivity contribution in [1.82, 2.24) is 0 Å². The van der Waals surface area contributed by atoms with Gasteiger partial charge in [0.2, 0.25) is 0 Å². The molecule has 3 saturated heterocycles. The fraction of sp³-hybridized carbons (Fsp3) is 0.474. The highest BCUT2D eigenvalue weighted by Gasteiger charge is 2.76. The zero-order valence-electron chi connectivity index (χ0n) is 40.0. The van der Waals surface area contributed by atoms with Crippen LogP contribution in [0.2, 0.25) is 0 Å². The molecule has 3 aliphatic heterocycles. The van der Waals surface area contributed by atoms with Crippen molar-refractivity contribution >= 4 is 0 Å². The van der Waals surface area contributed by atoms with Gasteiger partial charge in [-0.1, -0.05) is 178 Å². The molecule has 70 heavy (non-hydrogen) atoms. The molecule has 5 aromatic carbocycles. The Balaban J connectivity index is 1.00. The van der Waals surface area contributed by atoms with E-state index in [0.29, 0.717) is 12.5 Å². The van der Waals surface area contributed by atoms with Gasteiger partial charge in [-0.3, -0.25) is 0 Å². The summed E-state index contributed by atoms with van der Waals surface area (Å²) in [6, 6.07) is 48.9. The van der Waals surface area contributed by atoms with Gasteiger partial charge in [0.25, 0.3) is 0 Å². The van der Waals surface area contributed by atoms with E-state index in [1.165, 1.54) is 0 Å². The fourth-order valence-electron chi connectivity index (χ4n) is 12.2. The predicted octanol–water partition coefficient (Wildman–Crippen LogP) is 10.6. The highest BCUT2D eigenvalue weighted by molar-refractivity contribution is 5.23. The molecule has 5 aromatic rings. The maximum Gasteiger partial charge on any atom is 0.184 e. The Morgan fingerprint density at radius 1 is 0.571 bits per heavy atom. The lowest BCUT2D eigenvalue weighted by Gasteiger charge is -2.51. The Hall–Kier alpha value is -4.99. The second kappa shape index (κ2) is 20.3. The summed E-state index contributed by atoms with van der Waals surface area (Å²) in [5.74, 6) is -0.567. The van der Waals surface area contributed by atoms with Crippen molar-refractivity contribution in [3.63, 3.8) is 0 Å². The average Bonchev–Trinajstić information content (AvgIpc) is 3.94. The van der Waals surface area contributed by atoms with Gasteiger partial charge < -0.3 is 47.4 Å². The van der Waals surface area contributed by atoms with Crippen molar-refractivity contribution in [3.05, 3.63) is 190 Å². The third-order valence-electron chi connectivity index (χ3n) is 16.4. The lowest BCUT2D eigenvalue weighted by molar-refractivity contribution is -0.364. The van der Waals surface area contributed by atoms with E-state index in [9.17, 15) is 5.53 Å². The SMILES string of the molecule is CC1(C)[C@@H]2CC[C@@]1(C)C1(C2)O[C@@H]2[C@H](OCc3ccccc3)[C@@H](OCc3ccccc3)[C@H](OCc3ccccc3)[C@@H](O[C@H]3O[C@@H]4COC(c5ccccc5)O[C@H]4[C@H](OCc4ccccc4)[C@H]3N=[N+]=[N-])[C@@H]2O1. The van der Waals surface area contributed by atoms with Gasteiger partial charge in [-0.05, 0) is 52.0 Å². The van der Waals surface area contributed by atoms with Crippen LogP contribution in [-0.4, -0.2) is 79.7 Å². The van der Waals surface area contributed by atoms with E-state index in [1.807, 2.05) is 140 Å². The van der Waals surface area contributed by atoms with Gasteiger partial charge in [0.05, 0.1) is 33.0 Å². The second-order valence-corrected chi connectivity index (χ2v) is 20.5. The van der Waals surface area contributed by atoms with Crippen LogP contribution < -0.4 is 0 Å². The lowest BCUT2D eigenvalue weighted by atomic mass is 9.68. The minimum atomic E-state index is -1.17. The van der Waals surface area contributed by atoms with Gasteiger partial charge in [-0.2, -0.15) is 0 Å². The molecule has 0 aromatic heterocycles. The summed E-state index contributed by atoms with van der Waals surface area (Å²) >= 11 is 0. The molecule has 1 spiro atoms. The second-order valence-electron chi connectivity index (χ2n) is 20.5. The summed E-state index contributed by atoms with van der Waals surface area (Å²) in [6.45, 7) is 8.22. The third-order valence-corrected chi connectivity index (χ3v) is 16.4. The van der Waals surface area contributed by atoms with E-state index in [-0.39, 0.29) is 37.3 Å². The number of azide groups is 1. The molecule has 2 unspecified atom stereocenters. The number of fused-ring (bicyclic) bond motifs is 5. The summed E-state index contributed by atoms with van der Waals surface area (Å²) in [4.78, 5) is 3.40. The molecule has 13 heteroatoms. The number of hydrogen-bond donors (Lipinski definition) is 0. The minimum absolute atomic E-state index is 0.0698.